The van der Waals surface area contributed by atoms with Crippen molar-refractivity contribution in [2.75, 3.05) is 68.3 Å². The van der Waals surface area contributed by atoms with Gasteiger partial charge in [-0.25, -0.2) is 32.6 Å². The van der Waals surface area contributed by atoms with Crippen molar-refractivity contribution >= 4 is 62.6 Å². The molecule has 2 unspecified atom stereocenters. The van der Waals surface area contributed by atoms with E-state index >= 15 is 8.78 Å². The van der Waals surface area contributed by atoms with Crippen LogP contribution in [-0.4, -0.2) is 144 Å². The summed E-state index contributed by atoms with van der Waals surface area (Å²) in [6.45, 7) is 12.0. The molecule has 18 nitrogen and oxygen atoms in total. The van der Waals surface area contributed by atoms with Crippen molar-refractivity contribution < 1.29 is 50.7 Å². The molecule has 422 valence electrons. The molecule has 3 N–H and O–H groups in total. The number of aliphatic hydroxyl groups is 1. The van der Waals surface area contributed by atoms with E-state index in [4.69, 9.17) is 9.26 Å². The molecule has 0 saturated carbocycles. The van der Waals surface area contributed by atoms with E-state index in [1.54, 1.807) is 29.7 Å². The van der Waals surface area contributed by atoms with Gasteiger partial charge in [0, 0.05) is 86.3 Å². The molecular weight excluding hydrogens is 1070 g/mol. The number of hydrogen-bond acceptors (Lipinski definition) is 15. The number of unbranched alkanes of at least 4 members (excludes halogenated alkanes) is 1. The SMILES string of the molecule is Cc1ncsc1-c1ccc([C@H](C)NC(=O)[C@@H]2C[C@@H](O)CN2C(=O)C(c2cc(OCCCCN3CCN(c4ccc(-c5cnc6[nH]cc(C(=O)c7c(F)ccc(N(N8CC[C@@H](F)C8)S(=O)[O-])c7F)c6c5)cc4)CC3)no2)C(C)C)cc1. The fourth-order valence-corrected chi connectivity index (χ4v) is 12.3. The number of piperazine rings is 1. The highest BCUT2D eigenvalue weighted by atomic mass is 32.2. The number of aliphatic hydroxyl groups excluding tert-OH is 1. The molecule has 10 rings (SSSR count). The smallest absolute Gasteiger partial charge is 0.254 e. The van der Waals surface area contributed by atoms with Crippen LogP contribution in [0.25, 0.3) is 32.6 Å². The molecule has 0 bridgehead atoms. The van der Waals surface area contributed by atoms with Crippen LogP contribution < -0.4 is 19.4 Å². The molecule has 80 heavy (non-hydrogen) atoms. The number of carbonyl (C=O) groups excluding carboxylic acids is 3. The molecule has 2 amide bonds. The van der Waals surface area contributed by atoms with Gasteiger partial charge in [0.1, 0.15) is 35.3 Å². The van der Waals surface area contributed by atoms with Gasteiger partial charge in [-0.15, -0.1) is 11.3 Å². The van der Waals surface area contributed by atoms with Crippen LogP contribution in [0.5, 0.6) is 5.88 Å². The molecule has 0 spiro atoms. The minimum Gasteiger partial charge on any atom is -0.754 e. The molecule has 3 aromatic carbocycles. The van der Waals surface area contributed by atoms with Crippen molar-refractivity contribution in [3.8, 4) is 27.4 Å². The number of aromatic amines is 1. The van der Waals surface area contributed by atoms with Crippen LogP contribution in [0.2, 0.25) is 0 Å². The molecule has 3 aliphatic rings. The zero-order chi connectivity index (χ0) is 56.4. The van der Waals surface area contributed by atoms with Crippen LogP contribution in [0.1, 0.15) is 91.4 Å². The Morgan fingerprint density at radius 1 is 0.963 bits per heavy atom. The van der Waals surface area contributed by atoms with Gasteiger partial charge in [-0.1, -0.05) is 50.2 Å². The Bertz CT molecular complexity index is 3370. The highest BCUT2D eigenvalue weighted by Crippen LogP contribution is 2.36. The average Bonchev–Trinajstić information content (AvgIpc) is 4.38. The number of aryl methyl sites for hydroxylation is 1. The summed E-state index contributed by atoms with van der Waals surface area (Å²) in [6, 6.07) is 19.8. The summed E-state index contributed by atoms with van der Waals surface area (Å²) in [4.78, 5) is 60.8. The molecular formula is C57H62F3N10O8S2-. The first-order valence-electron chi connectivity index (χ1n) is 26.8. The maximum absolute atomic E-state index is 16.1. The van der Waals surface area contributed by atoms with E-state index in [9.17, 15) is 32.6 Å². The zero-order valence-corrected chi connectivity index (χ0v) is 46.3. The van der Waals surface area contributed by atoms with Crippen molar-refractivity contribution in [2.24, 2.45) is 5.92 Å². The molecule has 3 fully saturated rings. The van der Waals surface area contributed by atoms with Crippen LogP contribution in [-0.2, 0) is 20.9 Å². The van der Waals surface area contributed by atoms with Crippen molar-refractivity contribution in [1.82, 2.24) is 40.2 Å². The summed E-state index contributed by atoms with van der Waals surface area (Å²) in [5.41, 5.74) is 5.93. The van der Waals surface area contributed by atoms with Crippen LogP contribution in [0.15, 0.2) is 95.2 Å². The number of halogens is 3. The summed E-state index contributed by atoms with van der Waals surface area (Å²) in [5.74, 6) is -4.60. The normalized spacial score (nSPS) is 19.2. The van der Waals surface area contributed by atoms with E-state index in [1.807, 2.05) is 81.7 Å². The summed E-state index contributed by atoms with van der Waals surface area (Å²) in [6.07, 6.45) is 2.57. The predicted molar refractivity (Wildman–Crippen MR) is 296 cm³/mol. The molecule has 23 heteroatoms. The third kappa shape index (κ3) is 12.0. The van der Waals surface area contributed by atoms with Crippen LogP contribution in [0, 0.1) is 24.5 Å². The minimum atomic E-state index is -3.08. The number of thiazole rings is 1. The van der Waals surface area contributed by atoms with Gasteiger partial charge in [-0.3, -0.25) is 23.5 Å². The molecule has 3 aliphatic heterocycles. The number of aromatic nitrogens is 4. The summed E-state index contributed by atoms with van der Waals surface area (Å²) in [5, 5.41) is 19.3. The molecule has 7 aromatic rings. The van der Waals surface area contributed by atoms with Crippen LogP contribution in [0.4, 0.5) is 24.5 Å². The number of fused-ring (bicyclic) bond motifs is 1. The fourth-order valence-electron chi connectivity index (χ4n) is 10.9. The summed E-state index contributed by atoms with van der Waals surface area (Å²) < 4.78 is 82.0. The molecule has 0 radical (unpaired) electrons. The molecule has 0 aliphatic carbocycles. The highest BCUT2D eigenvalue weighted by Gasteiger charge is 2.44. The molecule has 4 aromatic heterocycles. The molecule has 3 saturated heterocycles. The zero-order valence-electron chi connectivity index (χ0n) is 44.6. The Morgan fingerprint density at radius 2 is 1.71 bits per heavy atom. The monoisotopic (exact) mass is 1140 g/mol. The Kier molecular flexibility index (Phi) is 17.1. The second-order valence-electron chi connectivity index (χ2n) is 20.9. The Balaban J connectivity index is 0.683. The van der Waals surface area contributed by atoms with E-state index in [-0.39, 0.29) is 67.7 Å². The lowest BCUT2D eigenvalue weighted by molar-refractivity contribution is -0.141. The largest absolute Gasteiger partial charge is 0.754 e. The maximum atomic E-state index is 16.1. The van der Waals surface area contributed by atoms with Crippen molar-refractivity contribution in [1.29, 1.82) is 0 Å². The van der Waals surface area contributed by atoms with Gasteiger partial charge in [0.25, 0.3) is 5.88 Å². The van der Waals surface area contributed by atoms with Gasteiger partial charge in [0.15, 0.2) is 11.6 Å². The lowest BCUT2D eigenvalue weighted by atomic mass is 9.91. The van der Waals surface area contributed by atoms with E-state index in [2.05, 4.69) is 35.2 Å². The molecule has 7 heterocycles. The Hall–Kier alpha value is -7.02. The maximum Gasteiger partial charge on any atom is 0.254 e. The number of carbonyl (C=O) groups is 3. The van der Waals surface area contributed by atoms with E-state index in [1.165, 1.54) is 11.1 Å². The average molecular weight is 1140 g/mol. The lowest BCUT2D eigenvalue weighted by Gasteiger charge is -2.36. The Labute approximate surface area is 467 Å². The van der Waals surface area contributed by atoms with Crippen LogP contribution >= 0.6 is 11.3 Å². The number of H-pyrrole nitrogens is 1. The second-order valence-corrected chi connectivity index (χ2v) is 22.6. The number of hydrazine groups is 1. The number of rotatable bonds is 20. The molecule has 6 atom stereocenters. The summed E-state index contributed by atoms with van der Waals surface area (Å²) >= 11 is -1.51. The van der Waals surface area contributed by atoms with E-state index < -0.39 is 64.2 Å². The summed E-state index contributed by atoms with van der Waals surface area (Å²) in [7, 11) is 0. The number of anilines is 2. The van der Waals surface area contributed by atoms with Crippen molar-refractivity contribution in [2.45, 2.75) is 83.7 Å². The number of likely N-dealkylation sites (tertiary alicyclic amines) is 1. The fraction of sp³-hybridized carbons (Fsp3) is 0.404. The van der Waals surface area contributed by atoms with Crippen molar-refractivity contribution in [3.05, 3.63) is 130 Å². The number of nitrogens with one attached hydrogen (secondary N) is 2. The predicted octanol–water partition coefficient (Wildman–Crippen LogP) is 8.28. The lowest BCUT2D eigenvalue weighted by Crippen LogP contribution is -2.48. The van der Waals surface area contributed by atoms with Gasteiger partial charge in [0.2, 0.25) is 17.6 Å². The number of alkyl halides is 1. The second kappa shape index (κ2) is 24.4. The first-order chi connectivity index (χ1) is 38.5. The minimum absolute atomic E-state index is 0.0135. The quantitative estimate of drug-likeness (QED) is 0.0372. The standard InChI is InChI=1S/C57H63F3N10O8S2/c1-33(2)50(57(74)69-31-42(71)26-47(69)56(73)64-34(3)36-7-9-38(10-8-36)54-35(4)63-32-79-54)48-27-49(65-78-48)77-24-6-5-18-66-20-22-67(23-21-66)41-13-11-37(12-14-41)39-25-43-44(29-62-55(43)61-28-39)53(72)51-45(59)15-16-46(52(51)60)70(80(75)76)68-19-17-40(58)30-68/h7-16,25,27-29,32-34,40,42,47,50,71H,5-6,17-24,26,30-31H2,1-4H3,(H,61,62)(H,64,73)(H,75,76)/p-1/t34-,40+,42+,47-,50?/m0/s1. The first kappa shape index (κ1) is 56.3. The van der Waals surface area contributed by atoms with Crippen molar-refractivity contribution in [3.63, 3.8) is 0 Å². The first-order valence-corrected chi connectivity index (χ1v) is 28.7. The van der Waals surface area contributed by atoms with Gasteiger partial charge in [-0.05, 0) is 97.8 Å². The van der Waals surface area contributed by atoms with E-state index in [0.29, 0.717) is 33.4 Å². The van der Waals surface area contributed by atoms with Gasteiger partial charge >= 0.3 is 0 Å². The number of pyridine rings is 1. The third-order valence-electron chi connectivity index (χ3n) is 15.2. The van der Waals surface area contributed by atoms with Gasteiger partial charge in [0.05, 0.1) is 58.2 Å². The van der Waals surface area contributed by atoms with Gasteiger partial charge < -0.3 is 39.0 Å². The highest BCUT2D eigenvalue weighted by molar-refractivity contribution is 7.80. The van der Waals surface area contributed by atoms with Gasteiger partial charge in [-0.2, -0.15) is 0 Å². The third-order valence-corrected chi connectivity index (χ3v) is 16.9. The Morgan fingerprint density at radius 3 is 2.40 bits per heavy atom. The number of β-amino-alcohol motifs (C(OH)–C–C–N with tert-alkyl or cyclic N) is 1. The topological polar surface area (TPSA) is 217 Å². The number of ether oxygens (including phenoxy) is 1. The number of amides is 2. The number of benzene rings is 3. The van der Waals surface area contributed by atoms with E-state index in [0.717, 1.165) is 95.7 Å². The van der Waals surface area contributed by atoms with Crippen LogP contribution in [0.3, 0.4) is 0 Å². The number of nitrogens with zero attached hydrogens (tertiary/aromatic N) is 8. The number of ketones is 1. The number of hydrogen-bond donors (Lipinski definition) is 3.